The summed E-state index contributed by atoms with van der Waals surface area (Å²) in [5, 5.41) is 2.41. The van der Waals surface area contributed by atoms with Crippen molar-refractivity contribution in [2.75, 3.05) is 36.0 Å². The van der Waals surface area contributed by atoms with Crippen molar-refractivity contribution in [3.63, 3.8) is 0 Å². The van der Waals surface area contributed by atoms with Gasteiger partial charge in [-0.3, -0.25) is 14.5 Å². The van der Waals surface area contributed by atoms with Crippen LogP contribution >= 0.6 is 11.3 Å². The minimum Gasteiger partial charge on any atom is -0.337 e. The van der Waals surface area contributed by atoms with Crippen LogP contribution in [0.5, 0.6) is 0 Å². The first-order valence-corrected chi connectivity index (χ1v) is 10.8. The van der Waals surface area contributed by atoms with Crippen LogP contribution in [0.15, 0.2) is 60.2 Å². The number of anilines is 3. The van der Waals surface area contributed by atoms with Gasteiger partial charge in [0.05, 0.1) is 11.4 Å². The Labute approximate surface area is 184 Å². The Bertz CT molecular complexity index is 1060. The van der Waals surface area contributed by atoms with Crippen LogP contribution in [0.4, 0.5) is 16.8 Å². The van der Waals surface area contributed by atoms with Gasteiger partial charge in [-0.1, -0.05) is 18.2 Å². The van der Waals surface area contributed by atoms with Gasteiger partial charge in [0.2, 0.25) is 17.8 Å². The molecule has 1 aliphatic heterocycles. The van der Waals surface area contributed by atoms with Gasteiger partial charge in [-0.15, -0.1) is 11.3 Å². The van der Waals surface area contributed by atoms with Crippen LogP contribution in [-0.2, 0) is 9.59 Å². The number of amides is 2. The normalized spacial score (nSPS) is 14.1. The first kappa shape index (κ1) is 20.7. The van der Waals surface area contributed by atoms with Gasteiger partial charge >= 0.3 is 0 Å². The monoisotopic (exact) mass is 434 g/mol. The van der Waals surface area contributed by atoms with E-state index in [2.05, 4.69) is 19.9 Å². The predicted octanol–water partition coefficient (Wildman–Crippen LogP) is 2.98. The molecule has 0 saturated carbocycles. The van der Waals surface area contributed by atoms with Crippen molar-refractivity contribution >= 4 is 46.0 Å². The Kier molecular flexibility index (Phi) is 6.32. The van der Waals surface area contributed by atoms with E-state index in [9.17, 15) is 9.59 Å². The highest BCUT2D eigenvalue weighted by molar-refractivity contribution is 7.14. The summed E-state index contributed by atoms with van der Waals surface area (Å²) in [5.41, 5.74) is 1.41. The molecule has 158 valence electrons. The molecule has 8 nitrogen and oxygen atoms in total. The summed E-state index contributed by atoms with van der Waals surface area (Å²) in [7, 11) is 0. The van der Waals surface area contributed by atoms with E-state index >= 15 is 0 Å². The molecule has 0 unspecified atom stereocenters. The molecule has 31 heavy (non-hydrogen) atoms. The number of carbonyl (C=O) groups is 2. The lowest BCUT2D eigenvalue weighted by atomic mass is 10.3. The van der Waals surface area contributed by atoms with Gasteiger partial charge in [-0.25, -0.2) is 15.0 Å². The lowest BCUT2D eigenvalue weighted by Crippen LogP contribution is -2.48. The molecule has 1 aromatic carbocycles. The fourth-order valence-electron chi connectivity index (χ4n) is 3.30. The number of piperazine rings is 1. The number of hydrogen-bond acceptors (Lipinski definition) is 7. The minimum atomic E-state index is -0.118. The van der Waals surface area contributed by atoms with Crippen molar-refractivity contribution in [1.29, 1.82) is 0 Å². The van der Waals surface area contributed by atoms with Crippen LogP contribution in [0.1, 0.15) is 12.6 Å². The topological polar surface area (TPSA) is 82.5 Å². The summed E-state index contributed by atoms with van der Waals surface area (Å²) in [6.07, 6.45) is 6.66. The van der Waals surface area contributed by atoms with Gasteiger partial charge in [-0.05, 0) is 24.3 Å². The molecular weight excluding hydrogens is 412 g/mol. The van der Waals surface area contributed by atoms with Crippen molar-refractivity contribution in [3.05, 3.63) is 65.9 Å². The van der Waals surface area contributed by atoms with Crippen LogP contribution in [0.25, 0.3) is 6.08 Å². The average molecular weight is 435 g/mol. The summed E-state index contributed by atoms with van der Waals surface area (Å²) in [5.74, 6) is 0.510. The number of thiazole rings is 1. The number of benzene rings is 1. The van der Waals surface area contributed by atoms with Gasteiger partial charge in [0.15, 0.2) is 5.13 Å². The third-order valence-corrected chi connectivity index (χ3v) is 5.70. The second-order valence-corrected chi connectivity index (χ2v) is 7.78. The standard InChI is InChI=1S/C22H22N6O2S/c1-17(29)28(19-6-3-2-4-7-19)22-25-18(16-31-22)8-9-20(30)26-12-14-27(15-13-26)21-23-10-5-11-24-21/h2-11,16H,12-15H2,1H3. The minimum absolute atomic E-state index is 0.0605. The van der Waals surface area contributed by atoms with Crippen molar-refractivity contribution in [1.82, 2.24) is 19.9 Å². The predicted molar refractivity (Wildman–Crippen MR) is 121 cm³/mol. The molecule has 3 heterocycles. The van der Waals surface area contributed by atoms with Crippen molar-refractivity contribution < 1.29 is 9.59 Å². The molecule has 0 aliphatic carbocycles. The van der Waals surface area contributed by atoms with E-state index in [0.717, 1.165) is 5.69 Å². The highest BCUT2D eigenvalue weighted by atomic mass is 32.1. The Morgan fingerprint density at radius 2 is 1.74 bits per heavy atom. The second-order valence-electron chi connectivity index (χ2n) is 6.94. The molecule has 9 heteroatoms. The van der Waals surface area contributed by atoms with Gasteiger partial charge in [0.1, 0.15) is 0 Å². The number of hydrogen-bond donors (Lipinski definition) is 0. The largest absolute Gasteiger partial charge is 0.337 e. The van der Waals surface area contributed by atoms with Gasteiger partial charge in [-0.2, -0.15) is 0 Å². The van der Waals surface area contributed by atoms with Crippen molar-refractivity contribution in [2.24, 2.45) is 0 Å². The molecule has 4 rings (SSSR count). The maximum absolute atomic E-state index is 12.6. The molecule has 0 N–H and O–H groups in total. The quantitative estimate of drug-likeness (QED) is 0.574. The summed E-state index contributed by atoms with van der Waals surface area (Å²) < 4.78 is 0. The zero-order valence-electron chi connectivity index (χ0n) is 17.1. The maximum Gasteiger partial charge on any atom is 0.246 e. The number of carbonyl (C=O) groups excluding carboxylic acids is 2. The molecule has 0 spiro atoms. The first-order chi connectivity index (χ1) is 15.1. The highest BCUT2D eigenvalue weighted by Gasteiger charge is 2.21. The zero-order valence-corrected chi connectivity index (χ0v) is 17.9. The van der Waals surface area contributed by atoms with Gasteiger partial charge in [0, 0.05) is 57.0 Å². The second kappa shape index (κ2) is 9.48. The van der Waals surface area contributed by atoms with Crippen LogP contribution < -0.4 is 9.80 Å². The van der Waals surface area contributed by atoms with E-state index < -0.39 is 0 Å². The maximum atomic E-state index is 12.6. The SMILES string of the molecule is CC(=O)N(c1ccccc1)c1nc(C=CC(=O)N2CCN(c3ncccn3)CC2)cs1. The molecular formula is C22H22N6O2S. The summed E-state index contributed by atoms with van der Waals surface area (Å²) >= 11 is 1.36. The van der Waals surface area contributed by atoms with Crippen molar-refractivity contribution in [2.45, 2.75) is 6.92 Å². The number of nitrogens with zero attached hydrogens (tertiary/aromatic N) is 6. The first-order valence-electron chi connectivity index (χ1n) is 9.92. The van der Waals surface area contributed by atoms with Crippen LogP contribution in [-0.4, -0.2) is 57.8 Å². The zero-order chi connectivity index (χ0) is 21.6. The summed E-state index contributed by atoms with van der Waals surface area (Å²) in [6, 6.07) is 11.2. The number of aromatic nitrogens is 3. The Hall–Kier alpha value is -3.59. The Morgan fingerprint density at radius 1 is 1.03 bits per heavy atom. The lowest BCUT2D eigenvalue weighted by Gasteiger charge is -2.34. The Morgan fingerprint density at radius 3 is 2.42 bits per heavy atom. The average Bonchev–Trinajstić information content (AvgIpc) is 3.27. The van der Waals surface area contributed by atoms with Crippen LogP contribution in [0, 0.1) is 0 Å². The molecule has 1 aliphatic rings. The fourth-order valence-corrected chi connectivity index (χ4v) is 4.16. The molecule has 0 atom stereocenters. The summed E-state index contributed by atoms with van der Waals surface area (Å²) in [6.45, 7) is 4.10. The van der Waals surface area contributed by atoms with E-state index in [1.54, 1.807) is 34.3 Å². The smallest absolute Gasteiger partial charge is 0.246 e. The van der Waals surface area contributed by atoms with E-state index in [0.29, 0.717) is 43.0 Å². The van der Waals surface area contributed by atoms with Crippen molar-refractivity contribution in [3.8, 4) is 0 Å². The van der Waals surface area contributed by atoms with E-state index in [1.807, 2.05) is 35.7 Å². The van der Waals surface area contributed by atoms with Crippen LogP contribution in [0.3, 0.4) is 0 Å². The number of rotatable bonds is 5. The van der Waals surface area contributed by atoms with Crippen LogP contribution in [0.2, 0.25) is 0 Å². The molecule has 1 fully saturated rings. The highest BCUT2D eigenvalue weighted by Crippen LogP contribution is 2.29. The Balaban J connectivity index is 1.38. The molecule has 2 aromatic heterocycles. The van der Waals surface area contributed by atoms with E-state index in [-0.39, 0.29) is 11.8 Å². The summed E-state index contributed by atoms with van der Waals surface area (Å²) in [4.78, 5) is 43.2. The third kappa shape index (κ3) is 4.95. The lowest BCUT2D eigenvalue weighted by molar-refractivity contribution is -0.126. The molecule has 3 aromatic rings. The van der Waals surface area contributed by atoms with Gasteiger partial charge in [0.25, 0.3) is 0 Å². The molecule has 0 bridgehead atoms. The van der Waals surface area contributed by atoms with Gasteiger partial charge < -0.3 is 9.80 Å². The van der Waals surface area contributed by atoms with E-state index in [1.165, 1.54) is 24.3 Å². The molecule has 2 amide bonds. The van der Waals surface area contributed by atoms with E-state index in [4.69, 9.17) is 0 Å². The fraction of sp³-hybridized carbons (Fsp3) is 0.227. The third-order valence-electron chi connectivity index (χ3n) is 4.85. The molecule has 0 radical (unpaired) electrons. The number of para-hydroxylation sites is 1. The molecule has 1 saturated heterocycles.